The zero-order valence-electron chi connectivity index (χ0n) is 12.7. The number of carbonyl (C=O) groups is 1. The molecule has 3 aromatic rings. The molecule has 0 unspecified atom stereocenters. The molecule has 0 spiro atoms. The van der Waals surface area contributed by atoms with E-state index in [4.69, 9.17) is 0 Å². The van der Waals surface area contributed by atoms with Gasteiger partial charge < -0.3 is 5.21 Å². The number of Topliss-reactive ketones (excluding diaryl/α,β-unsaturated/α-hetero) is 1. The first-order valence-electron chi connectivity index (χ1n) is 7.45. The molecule has 1 aliphatic rings. The minimum Gasteiger partial charge on any atom is -0.618 e. The van der Waals surface area contributed by atoms with Crippen molar-refractivity contribution in [2.75, 3.05) is 0 Å². The van der Waals surface area contributed by atoms with Crippen molar-refractivity contribution >= 4 is 28.0 Å². The summed E-state index contributed by atoms with van der Waals surface area (Å²) in [6.45, 7) is 0. The molecule has 0 saturated carbocycles. The lowest BCUT2D eigenvalue weighted by Crippen LogP contribution is -2.16. The second-order valence-corrected chi connectivity index (χ2v) is 5.76. The fourth-order valence-electron chi connectivity index (χ4n) is 3.00. The van der Waals surface area contributed by atoms with E-state index in [0.29, 0.717) is 10.3 Å². The van der Waals surface area contributed by atoms with E-state index in [0.717, 1.165) is 29.0 Å². The van der Waals surface area contributed by atoms with Crippen LogP contribution in [0, 0.1) is 5.21 Å². The molecule has 0 fully saturated rings. The third-order valence-corrected chi connectivity index (χ3v) is 4.23. The van der Waals surface area contributed by atoms with Gasteiger partial charge in [0, 0.05) is 6.07 Å². The first-order valence-corrected chi connectivity index (χ1v) is 7.45. The van der Waals surface area contributed by atoms with E-state index in [1.165, 1.54) is 0 Å². The molecule has 0 N–H and O–H groups in total. The Kier molecular flexibility index (Phi) is 3.18. The number of halogens is 3. The fraction of sp³-hybridized carbons (Fsp3) is 0.0526. The quantitative estimate of drug-likeness (QED) is 0.476. The lowest BCUT2D eigenvalue weighted by molar-refractivity contribution is -0.355. The van der Waals surface area contributed by atoms with Crippen molar-refractivity contribution in [3.05, 3.63) is 82.6 Å². The van der Waals surface area contributed by atoms with Crippen molar-refractivity contribution in [1.82, 2.24) is 0 Å². The Morgan fingerprint density at radius 3 is 2.32 bits per heavy atom. The van der Waals surface area contributed by atoms with Crippen molar-refractivity contribution in [2.24, 2.45) is 0 Å². The largest absolute Gasteiger partial charge is 0.618 e. The van der Waals surface area contributed by atoms with Crippen LogP contribution >= 0.6 is 0 Å². The summed E-state index contributed by atoms with van der Waals surface area (Å²) in [5.74, 6) is -0.702. The number of ketones is 1. The van der Waals surface area contributed by atoms with Gasteiger partial charge in [-0.3, -0.25) is 4.79 Å². The predicted molar refractivity (Wildman–Crippen MR) is 87.1 cm³/mol. The van der Waals surface area contributed by atoms with Gasteiger partial charge in [-0.1, -0.05) is 30.3 Å². The Balaban J connectivity index is 1.85. The predicted octanol–water partition coefficient (Wildman–Crippen LogP) is 4.69. The van der Waals surface area contributed by atoms with Crippen LogP contribution < -0.4 is 0 Å². The average molecular weight is 341 g/mol. The van der Waals surface area contributed by atoms with Gasteiger partial charge in [0.2, 0.25) is 5.69 Å². The van der Waals surface area contributed by atoms with Crippen molar-refractivity contribution in [3.8, 4) is 0 Å². The van der Waals surface area contributed by atoms with Crippen LogP contribution in [0.5, 0.6) is 0 Å². The SMILES string of the molecule is O=C1C(c2ccc3ccccc3c2)=[N+]([O-])c2ccc(C(F)(F)F)cc21. The first-order chi connectivity index (χ1) is 11.9. The van der Waals surface area contributed by atoms with E-state index < -0.39 is 17.5 Å². The van der Waals surface area contributed by atoms with Crippen LogP contribution in [-0.4, -0.2) is 16.2 Å². The minimum absolute atomic E-state index is 0.0684. The molecule has 3 nitrogen and oxygen atoms in total. The van der Waals surface area contributed by atoms with Gasteiger partial charge in [-0.05, 0) is 35.0 Å². The van der Waals surface area contributed by atoms with E-state index >= 15 is 0 Å². The third-order valence-electron chi connectivity index (χ3n) is 4.23. The van der Waals surface area contributed by atoms with Gasteiger partial charge in [0.1, 0.15) is 5.56 Å². The zero-order valence-corrected chi connectivity index (χ0v) is 12.7. The number of carbonyl (C=O) groups excluding carboxylic acids is 1. The zero-order chi connectivity index (χ0) is 17.8. The van der Waals surface area contributed by atoms with Crippen LogP contribution in [0.4, 0.5) is 18.9 Å². The summed E-state index contributed by atoms with van der Waals surface area (Å²) in [6, 6.07) is 15.1. The summed E-state index contributed by atoms with van der Waals surface area (Å²) in [7, 11) is 0. The number of fused-ring (bicyclic) bond motifs is 2. The monoisotopic (exact) mass is 341 g/mol. The molecule has 0 bridgehead atoms. The van der Waals surface area contributed by atoms with Gasteiger partial charge in [0.15, 0.2) is 0 Å². The van der Waals surface area contributed by atoms with Crippen molar-refractivity contribution in [2.45, 2.75) is 6.18 Å². The minimum atomic E-state index is -4.57. The van der Waals surface area contributed by atoms with E-state index in [1.54, 1.807) is 18.2 Å². The maximum atomic E-state index is 12.9. The molecular formula is C19H10F3NO2. The molecule has 6 heteroatoms. The van der Waals surface area contributed by atoms with Crippen LogP contribution in [0.2, 0.25) is 0 Å². The molecule has 0 radical (unpaired) electrons. The van der Waals surface area contributed by atoms with E-state index in [2.05, 4.69) is 0 Å². The van der Waals surface area contributed by atoms with Gasteiger partial charge in [0.25, 0.3) is 11.5 Å². The molecular weight excluding hydrogens is 331 g/mol. The lowest BCUT2D eigenvalue weighted by Gasteiger charge is -2.07. The Morgan fingerprint density at radius 1 is 0.880 bits per heavy atom. The molecule has 25 heavy (non-hydrogen) atoms. The van der Waals surface area contributed by atoms with Gasteiger partial charge in [-0.25, -0.2) is 0 Å². The molecule has 1 heterocycles. The van der Waals surface area contributed by atoms with Gasteiger partial charge in [-0.2, -0.15) is 17.9 Å². The summed E-state index contributed by atoms with van der Waals surface area (Å²) in [5, 5.41) is 14.3. The number of alkyl halides is 3. The summed E-state index contributed by atoms with van der Waals surface area (Å²) >= 11 is 0. The Hall–Kier alpha value is -3.15. The normalized spacial score (nSPS) is 14.3. The van der Waals surface area contributed by atoms with Crippen LogP contribution in [0.3, 0.4) is 0 Å². The molecule has 0 aliphatic carbocycles. The topological polar surface area (TPSA) is 43.1 Å². The van der Waals surface area contributed by atoms with Crippen molar-refractivity contribution in [1.29, 1.82) is 0 Å². The first kappa shape index (κ1) is 15.4. The molecule has 0 atom stereocenters. The Labute approximate surface area is 140 Å². The lowest BCUT2D eigenvalue weighted by atomic mass is 9.99. The van der Waals surface area contributed by atoms with E-state index in [-0.39, 0.29) is 17.0 Å². The Bertz CT molecular complexity index is 1070. The summed E-state index contributed by atoms with van der Waals surface area (Å²) in [4.78, 5) is 12.6. The molecule has 0 saturated heterocycles. The summed E-state index contributed by atoms with van der Waals surface area (Å²) in [6.07, 6.45) is -4.57. The van der Waals surface area contributed by atoms with Gasteiger partial charge in [0.05, 0.1) is 11.1 Å². The number of nitrogens with zero attached hydrogens (tertiary/aromatic N) is 1. The summed E-state index contributed by atoms with van der Waals surface area (Å²) in [5.41, 5.74) is -1.04. The highest BCUT2D eigenvalue weighted by Gasteiger charge is 2.40. The smallest absolute Gasteiger partial charge is 0.416 e. The second-order valence-electron chi connectivity index (χ2n) is 5.76. The fourth-order valence-corrected chi connectivity index (χ4v) is 3.00. The second kappa shape index (κ2) is 5.17. The Morgan fingerprint density at radius 2 is 1.60 bits per heavy atom. The molecule has 4 rings (SSSR count). The molecule has 1 aliphatic heterocycles. The molecule has 0 aromatic heterocycles. The maximum absolute atomic E-state index is 12.9. The van der Waals surface area contributed by atoms with Crippen LogP contribution in [0.25, 0.3) is 10.8 Å². The van der Waals surface area contributed by atoms with Gasteiger partial charge in [-0.15, -0.1) is 0 Å². The van der Waals surface area contributed by atoms with Crippen LogP contribution in [-0.2, 0) is 6.18 Å². The van der Waals surface area contributed by atoms with E-state index in [1.807, 2.05) is 24.3 Å². The van der Waals surface area contributed by atoms with Crippen molar-refractivity contribution in [3.63, 3.8) is 0 Å². The number of benzene rings is 3. The van der Waals surface area contributed by atoms with Crippen molar-refractivity contribution < 1.29 is 22.7 Å². The third kappa shape index (κ3) is 2.38. The van der Waals surface area contributed by atoms with E-state index in [9.17, 15) is 23.2 Å². The molecule has 124 valence electrons. The highest BCUT2D eigenvalue weighted by atomic mass is 19.4. The standard InChI is InChI=1S/C19H10F3NO2/c20-19(21,22)14-7-8-16-15(10-14)18(24)17(23(16)25)13-6-5-11-3-1-2-4-12(11)9-13/h1-10H. The number of rotatable bonds is 1. The highest BCUT2D eigenvalue weighted by molar-refractivity contribution is 6.52. The van der Waals surface area contributed by atoms with Crippen LogP contribution in [0.1, 0.15) is 21.5 Å². The maximum Gasteiger partial charge on any atom is 0.416 e. The number of hydrogen-bond acceptors (Lipinski definition) is 2. The molecule has 3 aromatic carbocycles. The summed E-state index contributed by atoms with van der Waals surface area (Å²) < 4.78 is 39.0. The average Bonchev–Trinajstić information content (AvgIpc) is 2.84. The highest BCUT2D eigenvalue weighted by Crippen LogP contribution is 2.35. The van der Waals surface area contributed by atoms with Gasteiger partial charge >= 0.3 is 6.18 Å². The van der Waals surface area contributed by atoms with Crippen LogP contribution in [0.15, 0.2) is 60.7 Å². The number of hydrogen-bond donors (Lipinski definition) is 0. The molecule has 0 amide bonds.